The standard InChI is InChI=1S/C25H34Cl2N8O4/c1-14(34-28)21(30-3)22-20(27)24(31-15-7-9-35(10-8-15)25(37)38-4)33-23(32-22)18-11-17(5-6-19(18)26)39-13-16(36)12-29-2/h5-6,11,15-16,28-30,36H,7-10,12-13H2,1-4H3,(H,31,32,33)/b21-14-,34-28?/t16-/m1/s1. The zero-order valence-corrected chi connectivity index (χ0v) is 23.9. The van der Waals surface area contributed by atoms with Crippen LogP contribution in [-0.2, 0) is 4.74 Å². The molecule has 1 saturated heterocycles. The van der Waals surface area contributed by atoms with Crippen LogP contribution in [0.1, 0.15) is 25.5 Å². The fourth-order valence-corrected chi connectivity index (χ4v) is 4.57. The number of allylic oxidation sites excluding steroid dienone is 1. The summed E-state index contributed by atoms with van der Waals surface area (Å²) in [5, 5.41) is 23.5. The Balaban J connectivity index is 2.01. The number of piperidine rings is 1. The second-order valence-corrected chi connectivity index (χ2v) is 9.71. The molecule has 0 aliphatic carbocycles. The number of amides is 1. The van der Waals surface area contributed by atoms with Gasteiger partial charge in [0, 0.05) is 38.3 Å². The Morgan fingerprint density at radius 1 is 1.28 bits per heavy atom. The molecule has 1 aromatic heterocycles. The predicted molar refractivity (Wildman–Crippen MR) is 150 cm³/mol. The molecule has 0 bridgehead atoms. The van der Waals surface area contributed by atoms with Crippen molar-refractivity contribution in [2.75, 3.05) is 52.8 Å². The highest BCUT2D eigenvalue weighted by Crippen LogP contribution is 2.36. The number of likely N-dealkylation sites (N-methyl/N-ethyl adjacent to an activating group) is 1. The summed E-state index contributed by atoms with van der Waals surface area (Å²) in [5.41, 5.74) is 9.18. The maximum absolute atomic E-state index is 11.9. The van der Waals surface area contributed by atoms with Crippen LogP contribution in [0.4, 0.5) is 10.6 Å². The molecule has 0 unspecified atom stereocenters. The van der Waals surface area contributed by atoms with E-state index in [0.29, 0.717) is 71.7 Å². The molecule has 12 nitrogen and oxygen atoms in total. The van der Waals surface area contributed by atoms with Gasteiger partial charge in [-0.1, -0.05) is 23.2 Å². The summed E-state index contributed by atoms with van der Waals surface area (Å²) in [6, 6.07) is 5.06. The molecule has 0 spiro atoms. The summed E-state index contributed by atoms with van der Waals surface area (Å²) in [7, 11) is 4.80. The Labute approximate surface area is 237 Å². The number of ether oxygens (including phenoxy) is 2. The second-order valence-electron chi connectivity index (χ2n) is 8.92. The first-order valence-corrected chi connectivity index (χ1v) is 13.2. The van der Waals surface area contributed by atoms with Crippen LogP contribution in [0, 0.1) is 5.53 Å². The number of nitrogens with one attached hydrogen (secondary N) is 4. The minimum Gasteiger partial charge on any atom is -0.491 e. The maximum Gasteiger partial charge on any atom is 0.409 e. The lowest BCUT2D eigenvalue weighted by Gasteiger charge is -2.32. The third kappa shape index (κ3) is 7.69. The lowest BCUT2D eigenvalue weighted by Crippen LogP contribution is -2.42. The van der Waals surface area contributed by atoms with E-state index in [0.717, 1.165) is 0 Å². The first-order valence-electron chi connectivity index (χ1n) is 12.4. The predicted octanol–water partition coefficient (Wildman–Crippen LogP) is 3.99. The van der Waals surface area contributed by atoms with E-state index in [4.69, 9.17) is 48.2 Å². The number of benzene rings is 1. The quantitative estimate of drug-likeness (QED) is 0.248. The number of hydrogen-bond acceptors (Lipinski definition) is 11. The van der Waals surface area contributed by atoms with Crippen molar-refractivity contribution in [3.63, 3.8) is 0 Å². The number of carbonyl (C=O) groups excluding carboxylic acids is 1. The summed E-state index contributed by atoms with van der Waals surface area (Å²) >= 11 is 13.4. The molecule has 2 heterocycles. The highest BCUT2D eigenvalue weighted by molar-refractivity contribution is 6.35. The largest absolute Gasteiger partial charge is 0.491 e. The van der Waals surface area contributed by atoms with Crippen LogP contribution in [0.25, 0.3) is 17.1 Å². The van der Waals surface area contributed by atoms with Crippen molar-refractivity contribution < 1.29 is 19.4 Å². The molecule has 1 atom stereocenters. The monoisotopic (exact) mass is 580 g/mol. The smallest absolute Gasteiger partial charge is 0.409 e. The summed E-state index contributed by atoms with van der Waals surface area (Å²) in [6.07, 6.45) is 0.282. The molecular weight excluding hydrogens is 547 g/mol. The van der Waals surface area contributed by atoms with Crippen LogP contribution in [0.15, 0.2) is 29.0 Å². The van der Waals surface area contributed by atoms with Gasteiger partial charge in [-0.25, -0.2) is 20.3 Å². The Hall–Kier alpha value is -3.19. The van der Waals surface area contributed by atoms with Crippen LogP contribution < -0.4 is 20.7 Å². The highest BCUT2D eigenvalue weighted by atomic mass is 35.5. The van der Waals surface area contributed by atoms with E-state index in [1.807, 2.05) is 0 Å². The van der Waals surface area contributed by atoms with Gasteiger partial charge in [0.1, 0.15) is 35.0 Å². The molecule has 1 aromatic carbocycles. The van der Waals surface area contributed by atoms with Crippen molar-refractivity contribution in [2.45, 2.75) is 31.9 Å². The van der Waals surface area contributed by atoms with E-state index in [1.165, 1.54) is 7.11 Å². The number of aromatic nitrogens is 2. The number of likely N-dealkylation sites (tertiary alicyclic amines) is 1. The number of rotatable bonds is 11. The van der Waals surface area contributed by atoms with Gasteiger partial charge in [0.15, 0.2) is 5.82 Å². The van der Waals surface area contributed by atoms with Crippen molar-refractivity contribution in [1.82, 2.24) is 25.5 Å². The number of carbonyl (C=O) groups is 1. The highest BCUT2D eigenvalue weighted by Gasteiger charge is 2.26. The van der Waals surface area contributed by atoms with E-state index in [9.17, 15) is 9.90 Å². The fourth-order valence-electron chi connectivity index (χ4n) is 4.14. The van der Waals surface area contributed by atoms with E-state index < -0.39 is 6.10 Å². The van der Waals surface area contributed by atoms with E-state index in [2.05, 4.69) is 21.1 Å². The molecule has 1 amide bonds. The topological polar surface area (TPSA) is 157 Å². The number of nitrogens with zero attached hydrogens (tertiary/aromatic N) is 4. The summed E-state index contributed by atoms with van der Waals surface area (Å²) in [5.74, 6) is 1.14. The minimum absolute atomic E-state index is 0.0122. The fraction of sp³-hybridized carbons (Fsp3) is 0.480. The number of anilines is 1. The van der Waals surface area contributed by atoms with Crippen LogP contribution in [-0.4, -0.2) is 85.7 Å². The van der Waals surface area contributed by atoms with Gasteiger partial charge >= 0.3 is 6.09 Å². The second kappa shape index (κ2) is 14.3. The maximum atomic E-state index is 11.9. The molecule has 1 fully saturated rings. The Bertz CT molecular complexity index is 1200. The normalized spacial score (nSPS) is 15.3. The van der Waals surface area contributed by atoms with Gasteiger partial charge in [-0.2, -0.15) is 5.11 Å². The molecule has 1 aliphatic heterocycles. The summed E-state index contributed by atoms with van der Waals surface area (Å²) in [6.45, 7) is 3.19. The lowest BCUT2D eigenvalue weighted by atomic mass is 10.1. The minimum atomic E-state index is -0.686. The van der Waals surface area contributed by atoms with Gasteiger partial charge in [0.2, 0.25) is 0 Å². The van der Waals surface area contributed by atoms with Gasteiger partial charge in [0.05, 0.1) is 23.5 Å². The van der Waals surface area contributed by atoms with Gasteiger partial charge in [0.25, 0.3) is 0 Å². The average Bonchev–Trinajstić information content (AvgIpc) is 2.94. The van der Waals surface area contributed by atoms with Gasteiger partial charge in [-0.15, -0.1) is 0 Å². The zero-order chi connectivity index (χ0) is 28.5. The van der Waals surface area contributed by atoms with Crippen LogP contribution in [0.3, 0.4) is 0 Å². The molecule has 1 aliphatic rings. The van der Waals surface area contributed by atoms with E-state index in [1.54, 1.807) is 44.1 Å². The third-order valence-electron chi connectivity index (χ3n) is 6.20. The molecular formula is C25H34Cl2N8O4. The first kappa shape index (κ1) is 30.4. The SMILES string of the molecule is CNC[C@@H](O)COc1ccc(Cl)c(-c2nc(NC3CCN(C(=O)OC)CC3)c(Cl)c(/C(NC)=C(\C)N=N)n2)c1. The Morgan fingerprint density at radius 3 is 2.62 bits per heavy atom. The summed E-state index contributed by atoms with van der Waals surface area (Å²) in [4.78, 5) is 22.9. The number of aliphatic hydroxyl groups excluding tert-OH is 1. The van der Waals surface area contributed by atoms with E-state index in [-0.39, 0.29) is 29.6 Å². The number of methoxy groups -OCH3 is 1. The average molecular weight is 582 g/mol. The number of halogens is 2. The van der Waals surface area contributed by atoms with Crippen molar-refractivity contribution in [2.24, 2.45) is 5.11 Å². The molecule has 5 N–H and O–H groups in total. The third-order valence-corrected chi connectivity index (χ3v) is 6.88. The van der Waals surface area contributed by atoms with Gasteiger partial charge < -0.3 is 35.4 Å². The molecule has 3 rings (SSSR count). The van der Waals surface area contributed by atoms with Gasteiger partial charge in [-0.3, -0.25) is 0 Å². The molecule has 0 radical (unpaired) electrons. The Kier molecular flexibility index (Phi) is 11.1. The van der Waals surface area contributed by atoms with Crippen LogP contribution >= 0.6 is 23.2 Å². The van der Waals surface area contributed by atoms with Crippen molar-refractivity contribution in [1.29, 1.82) is 5.53 Å². The van der Waals surface area contributed by atoms with Crippen molar-refractivity contribution in [3.05, 3.63) is 39.6 Å². The molecule has 2 aromatic rings. The summed E-state index contributed by atoms with van der Waals surface area (Å²) < 4.78 is 10.6. The number of aliphatic hydroxyl groups is 1. The first-order chi connectivity index (χ1) is 18.7. The number of hydrogen-bond donors (Lipinski definition) is 5. The van der Waals surface area contributed by atoms with Crippen LogP contribution in [0.2, 0.25) is 10.0 Å². The molecule has 14 heteroatoms. The lowest BCUT2D eigenvalue weighted by molar-refractivity contribution is 0.108. The van der Waals surface area contributed by atoms with Crippen molar-refractivity contribution >= 4 is 40.8 Å². The van der Waals surface area contributed by atoms with Crippen molar-refractivity contribution in [3.8, 4) is 17.1 Å². The zero-order valence-electron chi connectivity index (χ0n) is 22.3. The van der Waals surface area contributed by atoms with E-state index >= 15 is 0 Å². The molecule has 212 valence electrons. The van der Waals surface area contributed by atoms with Gasteiger partial charge in [-0.05, 0) is 45.0 Å². The van der Waals surface area contributed by atoms with Crippen LogP contribution in [0.5, 0.6) is 5.75 Å². The Morgan fingerprint density at radius 2 is 2.00 bits per heavy atom. The molecule has 0 saturated carbocycles. The molecule has 39 heavy (non-hydrogen) atoms.